The van der Waals surface area contributed by atoms with Crippen molar-refractivity contribution in [1.82, 2.24) is 10.4 Å². The molecule has 2 amide bonds. The van der Waals surface area contributed by atoms with E-state index in [-0.39, 0.29) is 11.8 Å². The molecule has 7 heteroatoms. The molecule has 0 bridgehead atoms. The number of amides is 2. The Morgan fingerprint density at radius 2 is 2.00 bits per heavy atom. The van der Waals surface area contributed by atoms with Gasteiger partial charge in [-0.1, -0.05) is 23.2 Å². The quantitative estimate of drug-likeness (QED) is 0.863. The first-order chi connectivity index (χ1) is 10.0. The summed E-state index contributed by atoms with van der Waals surface area (Å²) in [5, 5.41) is 0.778. The van der Waals surface area contributed by atoms with Gasteiger partial charge in [0.05, 0.1) is 6.61 Å². The van der Waals surface area contributed by atoms with Crippen molar-refractivity contribution >= 4 is 35.0 Å². The SMILES string of the molecule is CCONC(=O)[C@H]1CCCN1C(=O)c1cc(Cl)cc(Cl)c1. The van der Waals surface area contributed by atoms with E-state index in [9.17, 15) is 9.59 Å². The van der Waals surface area contributed by atoms with E-state index in [1.807, 2.05) is 0 Å². The van der Waals surface area contributed by atoms with Crippen LogP contribution in [0.3, 0.4) is 0 Å². The summed E-state index contributed by atoms with van der Waals surface area (Å²) in [6.07, 6.45) is 1.38. The van der Waals surface area contributed by atoms with E-state index in [2.05, 4.69) is 5.48 Å². The molecule has 0 aliphatic carbocycles. The normalized spacial score (nSPS) is 17.9. The summed E-state index contributed by atoms with van der Waals surface area (Å²) in [4.78, 5) is 31.0. The van der Waals surface area contributed by atoms with E-state index >= 15 is 0 Å². The molecule has 1 N–H and O–H groups in total. The van der Waals surface area contributed by atoms with E-state index in [1.165, 1.54) is 4.90 Å². The van der Waals surface area contributed by atoms with Crippen LogP contribution in [-0.4, -0.2) is 35.9 Å². The van der Waals surface area contributed by atoms with Crippen molar-refractivity contribution in [2.75, 3.05) is 13.2 Å². The van der Waals surface area contributed by atoms with Gasteiger partial charge < -0.3 is 4.90 Å². The van der Waals surface area contributed by atoms with E-state index in [0.29, 0.717) is 35.2 Å². The lowest BCUT2D eigenvalue weighted by Gasteiger charge is -2.23. The molecule has 0 saturated carbocycles. The van der Waals surface area contributed by atoms with Gasteiger partial charge in [-0.3, -0.25) is 14.4 Å². The number of rotatable bonds is 4. The molecule has 1 atom stereocenters. The van der Waals surface area contributed by atoms with Crippen molar-refractivity contribution in [1.29, 1.82) is 0 Å². The Bertz CT molecular complexity index is 531. The van der Waals surface area contributed by atoms with Crippen LogP contribution in [0.4, 0.5) is 0 Å². The number of hydroxylamine groups is 1. The predicted octanol–water partition coefficient (Wildman–Crippen LogP) is 2.67. The molecule has 1 aliphatic heterocycles. The third-order valence-electron chi connectivity index (χ3n) is 3.24. The van der Waals surface area contributed by atoms with Crippen LogP contribution in [-0.2, 0) is 9.63 Å². The van der Waals surface area contributed by atoms with Gasteiger partial charge >= 0.3 is 0 Å². The first-order valence-corrected chi connectivity index (χ1v) is 7.47. The number of halogens is 2. The molecule has 0 aromatic heterocycles. The Kier molecular flexibility index (Phi) is 5.45. The van der Waals surface area contributed by atoms with Crippen LogP contribution in [0.15, 0.2) is 18.2 Å². The van der Waals surface area contributed by atoms with Gasteiger partial charge in [-0.05, 0) is 38.0 Å². The van der Waals surface area contributed by atoms with Gasteiger partial charge in [0.15, 0.2) is 0 Å². The number of hydrogen-bond acceptors (Lipinski definition) is 3. The molecule has 1 saturated heterocycles. The molecule has 1 aliphatic rings. The minimum absolute atomic E-state index is 0.256. The minimum Gasteiger partial charge on any atom is -0.327 e. The maximum atomic E-state index is 12.5. The fourth-order valence-corrected chi connectivity index (χ4v) is 2.86. The Morgan fingerprint density at radius 3 is 2.62 bits per heavy atom. The van der Waals surface area contributed by atoms with Gasteiger partial charge in [0.25, 0.3) is 11.8 Å². The van der Waals surface area contributed by atoms with Crippen molar-refractivity contribution in [3.8, 4) is 0 Å². The van der Waals surface area contributed by atoms with Crippen LogP contribution in [0.2, 0.25) is 10.0 Å². The highest BCUT2D eigenvalue weighted by molar-refractivity contribution is 6.35. The molecule has 0 radical (unpaired) electrons. The van der Waals surface area contributed by atoms with Gasteiger partial charge in [0, 0.05) is 22.2 Å². The van der Waals surface area contributed by atoms with Gasteiger partial charge in [-0.25, -0.2) is 5.48 Å². The van der Waals surface area contributed by atoms with Gasteiger partial charge in [0.1, 0.15) is 6.04 Å². The second-order valence-electron chi connectivity index (χ2n) is 4.71. The third-order valence-corrected chi connectivity index (χ3v) is 3.68. The summed E-state index contributed by atoms with van der Waals surface area (Å²) in [5.41, 5.74) is 2.73. The number of carbonyl (C=O) groups is 2. The Labute approximate surface area is 133 Å². The van der Waals surface area contributed by atoms with E-state index in [4.69, 9.17) is 28.0 Å². The Morgan fingerprint density at radius 1 is 1.33 bits per heavy atom. The van der Waals surface area contributed by atoms with Gasteiger partial charge in [-0.2, -0.15) is 0 Å². The van der Waals surface area contributed by atoms with Crippen molar-refractivity contribution in [2.45, 2.75) is 25.8 Å². The first-order valence-electron chi connectivity index (χ1n) is 6.71. The topological polar surface area (TPSA) is 58.6 Å². The molecule has 0 unspecified atom stereocenters. The van der Waals surface area contributed by atoms with E-state index < -0.39 is 6.04 Å². The third kappa shape index (κ3) is 3.87. The van der Waals surface area contributed by atoms with Crippen molar-refractivity contribution in [3.05, 3.63) is 33.8 Å². The van der Waals surface area contributed by atoms with Gasteiger partial charge in [0.2, 0.25) is 0 Å². The number of nitrogens with zero attached hydrogens (tertiary/aromatic N) is 1. The zero-order valence-corrected chi connectivity index (χ0v) is 13.1. The molecule has 114 valence electrons. The average molecular weight is 331 g/mol. The van der Waals surface area contributed by atoms with Crippen LogP contribution in [0.5, 0.6) is 0 Å². The standard InChI is InChI=1S/C14H16Cl2N2O3/c1-2-21-17-13(19)12-4-3-5-18(12)14(20)9-6-10(15)8-11(16)7-9/h6-8,12H,2-5H2,1H3,(H,17,19)/t12-/m1/s1. The number of benzene rings is 1. The lowest BCUT2D eigenvalue weighted by Crippen LogP contribution is -2.45. The summed E-state index contributed by atoms with van der Waals surface area (Å²) < 4.78 is 0. The van der Waals surface area contributed by atoms with Crippen LogP contribution in [0.1, 0.15) is 30.1 Å². The summed E-state index contributed by atoms with van der Waals surface area (Å²) in [5.74, 6) is -0.565. The maximum Gasteiger partial charge on any atom is 0.266 e. The number of carbonyl (C=O) groups excluding carboxylic acids is 2. The summed E-state index contributed by atoms with van der Waals surface area (Å²) in [6.45, 7) is 2.66. The second-order valence-corrected chi connectivity index (χ2v) is 5.59. The molecule has 1 fully saturated rings. The highest BCUT2D eigenvalue weighted by Crippen LogP contribution is 2.24. The Hall–Kier alpha value is -1.30. The monoisotopic (exact) mass is 330 g/mol. The molecule has 1 aromatic carbocycles. The summed E-state index contributed by atoms with van der Waals surface area (Å²) in [7, 11) is 0. The predicted molar refractivity (Wildman–Crippen MR) is 80.3 cm³/mol. The van der Waals surface area contributed by atoms with E-state index in [1.54, 1.807) is 25.1 Å². The molecular weight excluding hydrogens is 315 g/mol. The van der Waals surface area contributed by atoms with Crippen LogP contribution in [0, 0.1) is 0 Å². The Balaban J connectivity index is 2.15. The molecule has 1 heterocycles. The fraction of sp³-hybridized carbons (Fsp3) is 0.429. The highest BCUT2D eigenvalue weighted by atomic mass is 35.5. The zero-order chi connectivity index (χ0) is 15.4. The molecule has 2 rings (SSSR count). The molecule has 1 aromatic rings. The summed E-state index contributed by atoms with van der Waals surface area (Å²) >= 11 is 11.8. The van der Waals surface area contributed by atoms with Crippen LogP contribution in [0.25, 0.3) is 0 Å². The van der Waals surface area contributed by atoms with Gasteiger partial charge in [-0.15, -0.1) is 0 Å². The van der Waals surface area contributed by atoms with Crippen LogP contribution >= 0.6 is 23.2 Å². The summed E-state index contributed by atoms with van der Waals surface area (Å²) in [6, 6.07) is 4.13. The highest BCUT2D eigenvalue weighted by Gasteiger charge is 2.34. The minimum atomic E-state index is -0.526. The second kappa shape index (κ2) is 7.11. The number of hydrogen-bond donors (Lipinski definition) is 1. The number of nitrogens with one attached hydrogen (secondary N) is 1. The lowest BCUT2D eigenvalue weighted by atomic mass is 10.1. The molecule has 21 heavy (non-hydrogen) atoms. The van der Waals surface area contributed by atoms with Crippen LogP contribution < -0.4 is 5.48 Å². The smallest absolute Gasteiger partial charge is 0.266 e. The maximum absolute atomic E-state index is 12.5. The fourth-order valence-electron chi connectivity index (χ4n) is 2.34. The first kappa shape index (κ1) is 16.1. The number of likely N-dealkylation sites (tertiary alicyclic amines) is 1. The van der Waals surface area contributed by atoms with Crippen molar-refractivity contribution in [3.63, 3.8) is 0 Å². The lowest BCUT2D eigenvalue weighted by molar-refractivity contribution is -0.137. The average Bonchev–Trinajstić information content (AvgIpc) is 2.92. The largest absolute Gasteiger partial charge is 0.327 e. The van der Waals surface area contributed by atoms with Crippen molar-refractivity contribution in [2.24, 2.45) is 0 Å². The van der Waals surface area contributed by atoms with E-state index in [0.717, 1.165) is 6.42 Å². The van der Waals surface area contributed by atoms with Crippen molar-refractivity contribution < 1.29 is 14.4 Å². The zero-order valence-electron chi connectivity index (χ0n) is 11.6. The molecule has 5 nitrogen and oxygen atoms in total. The molecular formula is C14H16Cl2N2O3. The molecule has 0 spiro atoms.